The number of benzene rings is 1. The average molecular weight is 257 g/mol. The fourth-order valence-corrected chi connectivity index (χ4v) is 1.88. The second kappa shape index (κ2) is 5.26. The van der Waals surface area contributed by atoms with Gasteiger partial charge in [-0.25, -0.2) is 0 Å². The Hall–Kier alpha value is -2.10. The van der Waals surface area contributed by atoms with Crippen LogP contribution < -0.4 is 5.32 Å². The van der Waals surface area contributed by atoms with Gasteiger partial charge >= 0.3 is 0 Å². The highest BCUT2D eigenvalue weighted by Gasteiger charge is 2.16. The number of nitrogens with one attached hydrogen (secondary N) is 1. The van der Waals surface area contributed by atoms with E-state index in [1.165, 1.54) is 0 Å². The molecule has 1 aromatic carbocycles. The predicted molar refractivity (Wildman–Crippen MR) is 76.2 cm³/mol. The number of amides is 1. The maximum absolute atomic E-state index is 12.2. The average Bonchev–Trinajstić information content (AvgIpc) is 2.79. The summed E-state index contributed by atoms with van der Waals surface area (Å²) >= 11 is 0. The number of aryl methyl sites for hydroxylation is 3. The number of anilines is 1. The SMILES string of the molecule is Cc1ccc(C)c(NC(=O)C(C)n2ccc(C)n2)c1. The summed E-state index contributed by atoms with van der Waals surface area (Å²) < 4.78 is 1.68. The van der Waals surface area contributed by atoms with Crippen LogP contribution in [0.4, 0.5) is 5.69 Å². The minimum absolute atomic E-state index is 0.0585. The van der Waals surface area contributed by atoms with E-state index in [-0.39, 0.29) is 11.9 Å². The van der Waals surface area contributed by atoms with Gasteiger partial charge < -0.3 is 5.32 Å². The molecule has 100 valence electrons. The van der Waals surface area contributed by atoms with E-state index < -0.39 is 0 Å². The number of hydrogen-bond acceptors (Lipinski definition) is 2. The summed E-state index contributed by atoms with van der Waals surface area (Å²) in [5, 5.41) is 7.23. The van der Waals surface area contributed by atoms with E-state index >= 15 is 0 Å². The van der Waals surface area contributed by atoms with E-state index in [0.29, 0.717) is 0 Å². The standard InChI is InChI=1S/C15H19N3O/c1-10-5-6-11(2)14(9-10)16-15(19)13(4)18-8-7-12(3)17-18/h5-9,13H,1-4H3,(H,16,19). The Morgan fingerprint density at radius 1 is 1.26 bits per heavy atom. The van der Waals surface area contributed by atoms with E-state index in [1.807, 2.05) is 58.2 Å². The van der Waals surface area contributed by atoms with Gasteiger partial charge in [-0.05, 0) is 51.0 Å². The Bertz CT molecular complexity index is 601. The number of hydrogen-bond donors (Lipinski definition) is 1. The molecular formula is C15H19N3O. The molecule has 0 fully saturated rings. The molecule has 0 aliphatic carbocycles. The van der Waals surface area contributed by atoms with Crippen molar-refractivity contribution in [1.82, 2.24) is 9.78 Å². The highest BCUT2D eigenvalue weighted by atomic mass is 16.2. The maximum Gasteiger partial charge on any atom is 0.248 e. The van der Waals surface area contributed by atoms with Crippen molar-refractivity contribution in [2.24, 2.45) is 0 Å². The normalized spacial score (nSPS) is 12.2. The highest BCUT2D eigenvalue weighted by Crippen LogP contribution is 2.18. The number of carbonyl (C=O) groups is 1. The molecule has 19 heavy (non-hydrogen) atoms. The van der Waals surface area contributed by atoms with Gasteiger partial charge in [-0.2, -0.15) is 5.10 Å². The second-order valence-electron chi connectivity index (χ2n) is 4.92. The zero-order valence-electron chi connectivity index (χ0n) is 11.8. The summed E-state index contributed by atoms with van der Waals surface area (Å²) in [5.74, 6) is -0.0585. The van der Waals surface area contributed by atoms with Gasteiger partial charge in [0.15, 0.2) is 0 Å². The zero-order chi connectivity index (χ0) is 14.0. The van der Waals surface area contributed by atoms with E-state index in [2.05, 4.69) is 10.4 Å². The van der Waals surface area contributed by atoms with Gasteiger partial charge in [0.2, 0.25) is 5.91 Å². The first-order valence-electron chi connectivity index (χ1n) is 6.37. The first-order chi connectivity index (χ1) is 8.97. The second-order valence-corrected chi connectivity index (χ2v) is 4.92. The molecule has 0 aliphatic rings. The summed E-state index contributed by atoms with van der Waals surface area (Å²) in [5.41, 5.74) is 3.96. The lowest BCUT2D eigenvalue weighted by atomic mass is 10.1. The third-order valence-corrected chi connectivity index (χ3v) is 3.17. The van der Waals surface area contributed by atoms with Crippen molar-refractivity contribution in [2.75, 3.05) is 5.32 Å². The van der Waals surface area contributed by atoms with Crippen LogP contribution >= 0.6 is 0 Å². The molecule has 1 amide bonds. The fourth-order valence-electron chi connectivity index (χ4n) is 1.88. The lowest BCUT2D eigenvalue weighted by molar-refractivity contribution is -0.119. The molecule has 2 rings (SSSR count). The van der Waals surface area contributed by atoms with Crippen LogP contribution in [0.3, 0.4) is 0 Å². The first-order valence-corrected chi connectivity index (χ1v) is 6.37. The molecule has 0 saturated heterocycles. The predicted octanol–water partition coefficient (Wildman–Crippen LogP) is 3.01. The summed E-state index contributed by atoms with van der Waals surface area (Å²) in [6.45, 7) is 7.74. The smallest absolute Gasteiger partial charge is 0.248 e. The fraction of sp³-hybridized carbons (Fsp3) is 0.333. The Morgan fingerprint density at radius 3 is 2.63 bits per heavy atom. The van der Waals surface area contributed by atoms with Gasteiger partial charge in [0.05, 0.1) is 5.69 Å². The lowest BCUT2D eigenvalue weighted by Crippen LogP contribution is -2.24. The van der Waals surface area contributed by atoms with E-state index in [0.717, 1.165) is 22.5 Å². The highest BCUT2D eigenvalue weighted by molar-refractivity contribution is 5.94. The number of aromatic nitrogens is 2. The van der Waals surface area contributed by atoms with Crippen molar-refractivity contribution >= 4 is 11.6 Å². The van der Waals surface area contributed by atoms with E-state index in [1.54, 1.807) is 4.68 Å². The monoisotopic (exact) mass is 257 g/mol. The van der Waals surface area contributed by atoms with Gasteiger partial charge in [0.25, 0.3) is 0 Å². The van der Waals surface area contributed by atoms with Crippen LogP contribution in [0.5, 0.6) is 0 Å². The molecule has 2 aromatic rings. The van der Waals surface area contributed by atoms with E-state index in [4.69, 9.17) is 0 Å². The zero-order valence-corrected chi connectivity index (χ0v) is 11.8. The Kier molecular flexibility index (Phi) is 3.69. The first kappa shape index (κ1) is 13.3. The van der Waals surface area contributed by atoms with Crippen molar-refractivity contribution < 1.29 is 4.79 Å². The molecule has 0 spiro atoms. The molecular weight excluding hydrogens is 238 g/mol. The number of carbonyl (C=O) groups excluding carboxylic acids is 1. The van der Waals surface area contributed by atoms with E-state index in [9.17, 15) is 4.79 Å². The molecule has 0 radical (unpaired) electrons. The Morgan fingerprint density at radius 2 is 2.00 bits per heavy atom. The summed E-state index contributed by atoms with van der Waals surface area (Å²) in [6, 6.07) is 7.59. The summed E-state index contributed by atoms with van der Waals surface area (Å²) in [6.07, 6.45) is 1.82. The molecule has 1 aromatic heterocycles. The largest absolute Gasteiger partial charge is 0.324 e. The van der Waals surface area contributed by atoms with Crippen molar-refractivity contribution in [1.29, 1.82) is 0 Å². The minimum Gasteiger partial charge on any atom is -0.324 e. The maximum atomic E-state index is 12.2. The van der Waals surface area contributed by atoms with Crippen LogP contribution in [0.1, 0.15) is 29.8 Å². The molecule has 1 atom stereocenters. The van der Waals surface area contributed by atoms with Gasteiger partial charge in [-0.15, -0.1) is 0 Å². The van der Waals surface area contributed by atoms with Crippen LogP contribution in [0.15, 0.2) is 30.5 Å². The third kappa shape index (κ3) is 3.02. The number of rotatable bonds is 3. The Balaban J connectivity index is 2.14. The van der Waals surface area contributed by atoms with Crippen molar-refractivity contribution in [3.05, 3.63) is 47.3 Å². The topological polar surface area (TPSA) is 46.9 Å². The molecule has 1 N–H and O–H groups in total. The molecule has 1 heterocycles. The van der Waals surface area contributed by atoms with Gasteiger partial charge in [0, 0.05) is 11.9 Å². The third-order valence-electron chi connectivity index (χ3n) is 3.17. The molecule has 0 bridgehead atoms. The van der Waals surface area contributed by atoms with Crippen LogP contribution in [-0.4, -0.2) is 15.7 Å². The lowest BCUT2D eigenvalue weighted by Gasteiger charge is -2.14. The van der Waals surface area contributed by atoms with Crippen molar-refractivity contribution in [3.63, 3.8) is 0 Å². The molecule has 0 aliphatic heterocycles. The Labute approximate surface area is 113 Å². The van der Waals surface area contributed by atoms with Gasteiger partial charge in [-0.3, -0.25) is 9.48 Å². The van der Waals surface area contributed by atoms with Crippen LogP contribution in [-0.2, 0) is 4.79 Å². The van der Waals surface area contributed by atoms with Crippen molar-refractivity contribution in [3.8, 4) is 0 Å². The molecule has 0 saturated carbocycles. The van der Waals surface area contributed by atoms with Gasteiger partial charge in [-0.1, -0.05) is 12.1 Å². The molecule has 1 unspecified atom stereocenters. The number of nitrogens with zero attached hydrogens (tertiary/aromatic N) is 2. The van der Waals surface area contributed by atoms with Gasteiger partial charge in [0.1, 0.15) is 6.04 Å². The summed E-state index contributed by atoms with van der Waals surface area (Å²) in [4.78, 5) is 12.2. The minimum atomic E-state index is -0.325. The van der Waals surface area contributed by atoms with Crippen LogP contribution in [0.25, 0.3) is 0 Å². The molecule has 4 nitrogen and oxygen atoms in total. The molecule has 4 heteroatoms. The summed E-state index contributed by atoms with van der Waals surface area (Å²) in [7, 11) is 0. The van der Waals surface area contributed by atoms with Crippen LogP contribution in [0.2, 0.25) is 0 Å². The van der Waals surface area contributed by atoms with Crippen molar-refractivity contribution in [2.45, 2.75) is 33.7 Å². The quantitative estimate of drug-likeness (QED) is 0.918. The van der Waals surface area contributed by atoms with Crippen LogP contribution in [0, 0.1) is 20.8 Å².